The summed E-state index contributed by atoms with van der Waals surface area (Å²) in [6, 6.07) is 3.29. The normalized spacial score (nSPS) is 21.5. The lowest BCUT2D eigenvalue weighted by Gasteiger charge is -2.39. The van der Waals surface area contributed by atoms with Gasteiger partial charge in [-0.25, -0.2) is 9.98 Å². The summed E-state index contributed by atoms with van der Waals surface area (Å²) in [4.78, 5) is 34.2. The van der Waals surface area contributed by atoms with Crippen molar-refractivity contribution in [2.75, 3.05) is 18.1 Å². The van der Waals surface area contributed by atoms with Crippen molar-refractivity contribution in [2.45, 2.75) is 44.7 Å². The van der Waals surface area contributed by atoms with Gasteiger partial charge in [0.2, 0.25) is 0 Å². The van der Waals surface area contributed by atoms with Gasteiger partial charge in [0.1, 0.15) is 17.2 Å². The van der Waals surface area contributed by atoms with Gasteiger partial charge in [0.05, 0.1) is 5.70 Å². The van der Waals surface area contributed by atoms with E-state index in [1.54, 1.807) is 19.1 Å². The van der Waals surface area contributed by atoms with Gasteiger partial charge in [-0.15, -0.1) is 0 Å². The smallest absolute Gasteiger partial charge is 0.271 e. The van der Waals surface area contributed by atoms with Gasteiger partial charge in [-0.2, -0.15) is 0 Å². The number of nitrogens with two attached hydrogens (primary N) is 1. The van der Waals surface area contributed by atoms with Crippen LogP contribution in [0.15, 0.2) is 34.7 Å². The lowest BCUT2D eigenvalue weighted by Crippen LogP contribution is -2.51. The number of pyridine rings is 1. The van der Waals surface area contributed by atoms with Crippen molar-refractivity contribution in [3.8, 4) is 0 Å². The molecule has 4 N–H and O–H groups in total. The van der Waals surface area contributed by atoms with Crippen molar-refractivity contribution >= 4 is 29.5 Å². The summed E-state index contributed by atoms with van der Waals surface area (Å²) in [6.07, 6.45) is 7.36. The van der Waals surface area contributed by atoms with Gasteiger partial charge < -0.3 is 21.3 Å². The average Bonchev–Trinajstić information content (AvgIpc) is 2.84. The molecule has 0 unspecified atom stereocenters. The molecule has 2 aliphatic rings. The molecule has 0 radical (unpaired) electrons. The second-order valence-corrected chi connectivity index (χ2v) is 6.75. The van der Waals surface area contributed by atoms with Crippen LogP contribution in [0.5, 0.6) is 0 Å². The maximum absolute atomic E-state index is 12.6. The topological polar surface area (TPSA) is 113 Å². The Hall–Kier alpha value is -2.90. The summed E-state index contributed by atoms with van der Waals surface area (Å²) in [6.45, 7) is 1.74. The minimum absolute atomic E-state index is 0.103. The first-order valence-corrected chi connectivity index (χ1v) is 8.75. The van der Waals surface area contributed by atoms with E-state index >= 15 is 0 Å². The highest BCUT2D eigenvalue weighted by Crippen LogP contribution is 2.37. The van der Waals surface area contributed by atoms with Crippen LogP contribution in [0.1, 0.15) is 39.0 Å². The summed E-state index contributed by atoms with van der Waals surface area (Å²) < 4.78 is 0. The van der Waals surface area contributed by atoms with Crippen LogP contribution in [0.2, 0.25) is 0 Å². The summed E-state index contributed by atoms with van der Waals surface area (Å²) >= 11 is 0. The minimum atomic E-state index is -0.324. The molecule has 2 heterocycles. The van der Waals surface area contributed by atoms with Crippen LogP contribution >= 0.6 is 0 Å². The van der Waals surface area contributed by atoms with Crippen LogP contribution in [-0.2, 0) is 9.59 Å². The van der Waals surface area contributed by atoms with Crippen LogP contribution in [0.25, 0.3) is 0 Å². The predicted molar refractivity (Wildman–Crippen MR) is 100 cm³/mol. The standard InChI is InChI=1S/C18H24N6O2/c1-12(21-15(11-25)22-13-6-9-20-14(19)10-13)16-17(26)23-18(24(16)2)7-4-3-5-8-18/h6,9-11H,3-5,7-8H2,1-2H3,(H,23,26)(H3,19,20,21,22)/b16-12-. The fraction of sp³-hybridized carbons (Fsp3) is 0.444. The van der Waals surface area contributed by atoms with Crippen molar-refractivity contribution in [1.29, 1.82) is 0 Å². The maximum atomic E-state index is 12.6. The zero-order valence-electron chi connectivity index (χ0n) is 15.1. The highest BCUT2D eigenvalue weighted by Gasteiger charge is 2.46. The molecular formula is C18H24N6O2. The number of allylic oxidation sites excluding steroid dienone is 1. The van der Waals surface area contributed by atoms with E-state index in [0.717, 1.165) is 25.7 Å². The lowest BCUT2D eigenvalue weighted by atomic mass is 9.89. The molecule has 8 nitrogen and oxygen atoms in total. The molecular weight excluding hydrogens is 332 g/mol. The average molecular weight is 356 g/mol. The number of amides is 1. The third kappa shape index (κ3) is 3.40. The Morgan fingerprint density at radius 3 is 2.81 bits per heavy atom. The molecule has 1 saturated heterocycles. The third-order valence-electron chi connectivity index (χ3n) is 5.02. The summed E-state index contributed by atoms with van der Waals surface area (Å²) in [5.74, 6) is 0.296. The van der Waals surface area contributed by atoms with E-state index in [4.69, 9.17) is 5.73 Å². The molecule has 0 bridgehead atoms. The number of nitrogens with one attached hydrogen (secondary N) is 2. The minimum Gasteiger partial charge on any atom is -0.384 e. The molecule has 138 valence electrons. The number of carbonyl (C=O) groups excluding carboxylic acids is 2. The Labute approximate surface area is 152 Å². The summed E-state index contributed by atoms with van der Waals surface area (Å²) in [5.41, 5.74) is 6.92. The number of aromatic nitrogens is 1. The Kier molecular flexibility index (Phi) is 4.92. The highest BCUT2D eigenvalue weighted by molar-refractivity contribution is 6.33. The van der Waals surface area contributed by atoms with Crippen molar-refractivity contribution < 1.29 is 9.59 Å². The van der Waals surface area contributed by atoms with Crippen LogP contribution in [0, 0.1) is 0 Å². The van der Waals surface area contributed by atoms with Crippen LogP contribution in [-0.4, -0.2) is 40.6 Å². The highest BCUT2D eigenvalue weighted by atomic mass is 16.2. The van der Waals surface area contributed by atoms with Gasteiger partial charge in [0, 0.05) is 25.0 Å². The number of aliphatic imine (C=N–C) groups is 1. The summed E-state index contributed by atoms with van der Waals surface area (Å²) in [5, 5.41) is 6.03. The molecule has 1 aliphatic carbocycles. The Bertz CT molecular complexity index is 780. The van der Waals surface area contributed by atoms with E-state index in [2.05, 4.69) is 20.6 Å². The second-order valence-electron chi connectivity index (χ2n) is 6.75. The Morgan fingerprint density at radius 2 is 2.15 bits per heavy atom. The maximum Gasteiger partial charge on any atom is 0.271 e. The molecule has 1 aliphatic heterocycles. The number of anilines is 2. The third-order valence-corrected chi connectivity index (χ3v) is 5.02. The van der Waals surface area contributed by atoms with Crippen molar-refractivity contribution in [3.63, 3.8) is 0 Å². The van der Waals surface area contributed by atoms with Gasteiger partial charge in [-0.1, -0.05) is 6.42 Å². The molecule has 2 fully saturated rings. The quantitative estimate of drug-likeness (QED) is 0.328. The van der Waals surface area contributed by atoms with E-state index in [1.807, 2.05) is 11.9 Å². The van der Waals surface area contributed by atoms with E-state index < -0.39 is 0 Å². The molecule has 0 atom stereocenters. The number of rotatable bonds is 3. The number of carbonyl (C=O) groups is 2. The molecule has 0 aromatic carbocycles. The molecule has 3 rings (SSSR count). The zero-order chi connectivity index (χ0) is 18.7. The first kappa shape index (κ1) is 17.9. The van der Waals surface area contributed by atoms with E-state index in [-0.39, 0.29) is 17.4 Å². The lowest BCUT2D eigenvalue weighted by molar-refractivity contribution is -0.117. The number of hydrogen-bond donors (Lipinski definition) is 3. The van der Waals surface area contributed by atoms with E-state index in [1.165, 1.54) is 12.6 Å². The number of amidine groups is 1. The van der Waals surface area contributed by atoms with Crippen LogP contribution < -0.4 is 16.4 Å². The first-order chi connectivity index (χ1) is 12.4. The predicted octanol–water partition coefficient (Wildman–Crippen LogP) is 1.63. The number of nitrogens with zero attached hydrogens (tertiary/aromatic N) is 3. The number of nitrogen functional groups attached to an aromatic ring is 1. The van der Waals surface area contributed by atoms with Crippen molar-refractivity contribution in [1.82, 2.24) is 15.2 Å². The molecule has 8 heteroatoms. The Morgan fingerprint density at radius 1 is 1.42 bits per heavy atom. The van der Waals surface area contributed by atoms with Crippen LogP contribution in [0.3, 0.4) is 0 Å². The largest absolute Gasteiger partial charge is 0.384 e. The monoisotopic (exact) mass is 356 g/mol. The van der Waals surface area contributed by atoms with Crippen LogP contribution in [0.4, 0.5) is 11.5 Å². The molecule has 1 saturated carbocycles. The van der Waals surface area contributed by atoms with Crippen molar-refractivity contribution in [3.05, 3.63) is 29.7 Å². The fourth-order valence-corrected chi connectivity index (χ4v) is 3.72. The number of likely N-dealkylation sites (N-methyl/N-ethyl adjacent to an activating group) is 1. The zero-order valence-corrected chi connectivity index (χ0v) is 15.1. The van der Waals surface area contributed by atoms with E-state index in [9.17, 15) is 9.59 Å². The van der Waals surface area contributed by atoms with Gasteiger partial charge in [-0.3, -0.25) is 9.59 Å². The molecule has 1 aromatic heterocycles. The van der Waals surface area contributed by atoms with E-state index in [0.29, 0.717) is 29.2 Å². The van der Waals surface area contributed by atoms with Gasteiger partial charge in [0.25, 0.3) is 5.91 Å². The molecule has 26 heavy (non-hydrogen) atoms. The molecule has 1 spiro atoms. The number of hydrogen-bond acceptors (Lipinski definition) is 6. The van der Waals surface area contributed by atoms with Gasteiger partial charge in [0.15, 0.2) is 12.1 Å². The summed E-state index contributed by atoms with van der Waals surface area (Å²) in [7, 11) is 1.91. The molecule has 1 amide bonds. The second kappa shape index (κ2) is 7.15. The first-order valence-electron chi connectivity index (χ1n) is 8.75. The molecule has 1 aromatic rings. The Balaban J connectivity index is 1.87. The number of aldehydes is 1. The van der Waals surface area contributed by atoms with Gasteiger partial charge >= 0.3 is 0 Å². The SMILES string of the molecule is CC(/N=C(\C=O)Nc1ccnc(N)c1)=C1\C(=O)NC2(CCCCC2)N1C. The van der Waals surface area contributed by atoms with Crippen molar-refractivity contribution in [2.24, 2.45) is 4.99 Å². The van der Waals surface area contributed by atoms with Gasteiger partial charge in [-0.05, 0) is 38.7 Å². The fourth-order valence-electron chi connectivity index (χ4n) is 3.72.